The van der Waals surface area contributed by atoms with Crippen molar-refractivity contribution in [3.05, 3.63) is 65.2 Å². The van der Waals surface area contributed by atoms with Crippen molar-refractivity contribution in [2.45, 2.75) is 43.9 Å². The second-order valence-electron chi connectivity index (χ2n) is 7.87. The number of hydrogen-bond acceptors (Lipinski definition) is 4. The Hall–Kier alpha value is -1.69. The van der Waals surface area contributed by atoms with Crippen LogP contribution in [0, 0.1) is 6.92 Å². The molecule has 1 unspecified atom stereocenters. The summed E-state index contributed by atoms with van der Waals surface area (Å²) in [7, 11) is 0.210. The lowest BCUT2D eigenvalue weighted by Gasteiger charge is -2.22. The maximum absolute atomic E-state index is 12.5. The first-order valence-electron chi connectivity index (χ1n) is 10.5. The summed E-state index contributed by atoms with van der Waals surface area (Å²) in [5.74, 6) is 0.774. The van der Waals surface area contributed by atoms with Crippen LogP contribution in [-0.2, 0) is 27.8 Å². The number of sulfonamides is 1. The maximum atomic E-state index is 12.5. The maximum Gasteiger partial charge on any atom is 0.240 e. The topological polar surface area (TPSA) is 83.0 Å². The molecule has 0 bridgehead atoms. The smallest absolute Gasteiger partial charge is 0.240 e. The molecule has 1 heterocycles. The number of benzene rings is 2. The Bertz CT molecular complexity index is 973. The fraction of sp³-hybridized carbons (Fsp3) is 0.435. The fourth-order valence-corrected chi connectivity index (χ4v) is 4.55. The second kappa shape index (κ2) is 12.5. The molecule has 2 N–H and O–H groups in total. The van der Waals surface area contributed by atoms with Gasteiger partial charge in [-0.1, -0.05) is 42.0 Å². The molecule has 9 heteroatoms. The number of ether oxygens (including phenoxy) is 1. The summed E-state index contributed by atoms with van der Waals surface area (Å²) >= 11 is 0. The van der Waals surface area contributed by atoms with Gasteiger partial charge in [0.05, 0.1) is 11.0 Å². The van der Waals surface area contributed by atoms with Gasteiger partial charge in [-0.25, -0.2) is 13.1 Å². The van der Waals surface area contributed by atoms with Gasteiger partial charge in [-0.2, -0.15) is 0 Å². The molecule has 7 nitrogen and oxygen atoms in total. The van der Waals surface area contributed by atoms with Gasteiger partial charge in [0.15, 0.2) is 5.96 Å². The van der Waals surface area contributed by atoms with E-state index in [2.05, 4.69) is 51.1 Å². The number of nitrogens with one attached hydrogen (secondary N) is 2. The second-order valence-corrected chi connectivity index (χ2v) is 9.64. The van der Waals surface area contributed by atoms with Gasteiger partial charge in [-0.05, 0) is 43.0 Å². The number of hydrogen-bond donors (Lipinski definition) is 2. The van der Waals surface area contributed by atoms with Gasteiger partial charge in [-0.3, -0.25) is 4.99 Å². The predicted molar refractivity (Wildman–Crippen MR) is 139 cm³/mol. The molecule has 1 atom stereocenters. The number of guanidine groups is 1. The Kier molecular flexibility index (Phi) is 10.4. The van der Waals surface area contributed by atoms with E-state index in [1.54, 1.807) is 19.2 Å². The first kappa shape index (κ1) is 26.6. The van der Waals surface area contributed by atoms with Crippen molar-refractivity contribution in [2.24, 2.45) is 4.99 Å². The quantitative estimate of drug-likeness (QED) is 0.288. The van der Waals surface area contributed by atoms with Crippen LogP contribution < -0.4 is 10.0 Å². The standard InChI is InChI=1S/C23H32N4O3S.HI/c1-18-6-8-20(9-7-18)17-27(3)23(24-2)25-15-19-10-12-22(13-11-19)31(28,29)26-16-21-5-4-14-30-21;/h6-13,21,26H,4-5,14-17H2,1-3H3,(H,24,25);1H. The molecule has 0 aromatic heterocycles. The van der Waals surface area contributed by atoms with Crippen molar-refractivity contribution in [3.63, 3.8) is 0 Å². The van der Waals surface area contributed by atoms with Gasteiger partial charge < -0.3 is 15.0 Å². The normalized spacial score (nSPS) is 16.5. The van der Waals surface area contributed by atoms with Crippen LogP contribution in [-0.4, -0.2) is 52.6 Å². The third-order valence-corrected chi connectivity index (χ3v) is 6.76. The molecule has 1 aliphatic heterocycles. The highest BCUT2D eigenvalue weighted by atomic mass is 127. The molecule has 0 spiro atoms. The molecule has 176 valence electrons. The molecule has 0 radical (unpaired) electrons. The average Bonchev–Trinajstić information content (AvgIpc) is 3.29. The van der Waals surface area contributed by atoms with E-state index in [0.717, 1.165) is 30.9 Å². The average molecular weight is 573 g/mol. The molecule has 32 heavy (non-hydrogen) atoms. The highest BCUT2D eigenvalue weighted by molar-refractivity contribution is 14.0. The molecule has 3 rings (SSSR count). The van der Waals surface area contributed by atoms with Crippen molar-refractivity contribution in [2.75, 3.05) is 27.2 Å². The van der Waals surface area contributed by atoms with Gasteiger partial charge in [0.2, 0.25) is 10.0 Å². The van der Waals surface area contributed by atoms with Crippen molar-refractivity contribution < 1.29 is 13.2 Å². The zero-order chi connectivity index (χ0) is 22.3. The first-order chi connectivity index (χ1) is 14.9. The van der Waals surface area contributed by atoms with E-state index in [1.165, 1.54) is 11.1 Å². The van der Waals surface area contributed by atoms with Gasteiger partial charge >= 0.3 is 0 Å². The molecule has 2 aromatic rings. The SMILES string of the molecule is CN=C(NCc1ccc(S(=O)(=O)NCC2CCCO2)cc1)N(C)Cc1ccc(C)cc1.I. The van der Waals surface area contributed by atoms with Crippen molar-refractivity contribution in [1.29, 1.82) is 0 Å². The van der Waals surface area contributed by atoms with E-state index >= 15 is 0 Å². The van der Waals surface area contributed by atoms with Crippen LogP contribution in [0.25, 0.3) is 0 Å². The lowest BCUT2D eigenvalue weighted by molar-refractivity contribution is 0.114. The number of nitrogens with zero attached hydrogens (tertiary/aromatic N) is 2. The van der Waals surface area contributed by atoms with Gasteiger partial charge in [0.25, 0.3) is 0 Å². The Morgan fingerprint density at radius 1 is 1.12 bits per heavy atom. The molecular weight excluding hydrogens is 539 g/mol. The summed E-state index contributed by atoms with van der Waals surface area (Å²) in [6.07, 6.45) is 1.85. The van der Waals surface area contributed by atoms with Crippen LogP contribution in [0.1, 0.15) is 29.5 Å². The number of aliphatic imine (C=N–C) groups is 1. The largest absolute Gasteiger partial charge is 0.377 e. The van der Waals surface area contributed by atoms with Crippen LogP contribution in [0.5, 0.6) is 0 Å². The van der Waals surface area contributed by atoms with Crippen molar-refractivity contribution in [1.82, 2.24) is 14.9 Å². The van der Waals surface area contributed by atoms with E-state index in [9.17, 15) is 8.42 Å². The monoisotopic (exact) mass is 572 g/mol. The van der Waals surface area contributed by atoms with Crippen LogP contribution in [0.3, 0.4) is 0 Å². The molecule has 1 fully saturated rings. The molecule has 1 aliphatic rings. The molecule has 0 amide bonds. The van der Waals surface area contributed by atoms with Gasteiger partial charge in [0, 0.05) is 40.3 Å². The molecule has 2 aromatic carbocycles. The third kappa shape index (κ3) is 7.72. The van der Waals surface area contributed by atoms with Crippen molar-refractivity contribution >= 4 is 40.0 Å². The lowest BCUT2D eigenvalue weighted by atomic mass is 10.1. The van der Waals surface area contributed by atoms with Crippen LogP contribution in [0.4, 0.5) is 0 Å². The first-order valence-corrected chi connectivity index (χ1v) is 12.0. The van der Waals surface area contributed by atoms with E-state index in [4.69, 9.17) is 4.74 Å². The number of aryl methyl sites for hydroxylation is 1. The molecular formula is C23H33IN4O3S. The lowest BCUT2D eigenvalue weighted by Crippen LogP contribution is -2.38. The summed E-state index contributed by atoms with van der Waals surface area (Å²) in [6, 6.07) is 15.3. The predicted octanol–water partition coefficient (Wildman–Crippen LogP) is 3.28. The number of rotatable bonds is 8. The summed E-state index contributed by atoms with van der Waals surface area (Å²) in [6.45, 7) is 4.39. The highest BCUT2D eigenvalue weighted by Gasteiger charge is 2.20. The van der Waals surface area contributed by atoms with E-state index in [-0.39, 0.29) is 35.0 Å². The Balaban J connectivity index is 0.00000363. The third-order valence-electron chi connectivity index (χ3n) is 5.32. The van der Waals surface area contributed by atoms with Gasteiger partial charge in [-0.15, -0.1) is 24.0 Å². The summed E-state index contributed by atoms with van der Waals surface area (Å²) in [5.41, 5.74) is 3.42. The summed E-state index contributed by atoms with van der Waals surface area (Å²) in [5, 5.41) is 3.33. The summed E-state index contributed by atoms with van der Waals surface area (Å²) in [4.78, 5) is 6.66. The van der Waals surface area contributed by atoms with Gasteiger partial charge in [0.1, 0.15) is 0 Å². The van der Waals surface area contributed by atoms with Crippen LogP contribution >= 0.6 is 24.0 Å². The van der Waals surface area contributed by atoms with Crippen LogP contribution in [0.2, 0.25) is 0 Å². The fourth-order valence-electron chi connectivity index (χ4n) is 3.49. The Morgan fingerprint density at radius 3 is 2.38 bits per heavy atom. The minimum atomic E-state index is -3.53. The highest BCUT2D eigenvalue weighted by Crippen LogP contribution is 2.14. The summed E-state index contributed by atoms with van der Waals surface area (Å²) < 4.78 is 33.1. The minimum Gasteiger partial charge on any atom is -0.377 e. The molecule has 1 saturated heterocycles. The van der Waals surface area contributed by atoms with E-state index in [0.29, 0.717) is 19.7 Å². The van der Waals surface area contributed by atoms with Crippen LogP contribution in [0.15, 0.2) is 58.4 Å². The molecule has 0 aliphatic carbocycles. The van der Waals surface area contributed by atoms with Crippen molar-refractivity contribution in [3.8, 4) is 0 Å². The van der Waals surface area contributed by atoms with E-state index in [1.807, 2.05) is 19.2 Å². The minimum absolute atomic E-state index is 0. The Labute approximate surface area is 208 Å². The zero-order valence-electron chi connectivity index (χ0n) is 18.9. The zero-order valence-corrected chi connectivity index (χ0v) is 22.0. The molecule has 0 saturated carbocycles. The van der Waals surface area contributed by atoms with E-state index < -0.39 is 10.0 Å². The number of halogens is 1. The Morgan fingerprint density at radius 2 is 1.78 bits per heavy atom.